The normalized spacial score (nSPS) is 21.8. The van der Waals surface area contributed by atoms with Crippen LogP contribution in [0.5, 0.6) is 5.75 Å². The Morgan fingerprint density at radius 3 is 2.75 bits per heavy atom. The number of ether oxygens (including phenoxy) is 2. The number of aromatic nitrogens is 1. The lowest BCUT2D eigenvalue weighted by Gasteiger charge is -2.42. The molecule has 28 heavy (non-hydrogen) atoms. The number of morpholine rings is 1. The maximum Gasteiger partial charge on any atom is 0.248 e. The molecule has 2 fully saturated rings. The molecule has 0 radical (unpaired) electrons. The number of thiazole rings is 1. The maximum atomic E-state index is 13.0. The summed E-state index contributed by atoms with van der Waals surface area (Å²) in [7, 11) is 0. The van der Waals surface area contributed by atoms with E-state index < -0.39 is 0 Å². The molecule has 1 aromatic heterocycles. The topological polar surface area (TPSA) is 54.9 Å². The minimum absolute atomic E-state index is 0.0518. The van der Waals surface area contributed by atoms with Gasteiger partial charge in [0.1, 0.15) is 30.9 Å². The third-order valence-corrected chi connectivity index (χ3v) is 5.91. The molecule has 2 saturated heterocycles. The molecule has 2 aliphatic rings. The van der Waals surface area contributed by atoms with E-state index in [1.165, 1.54) is 12.1 Å². The Balaban J connectivity index is 1.26. The molecular formula is C20H24FN3O3S. The molecule has 1 aromatic carbocycles. The number of piperidine rings is 1. The summed E-state index contributed by atoms with van der Waals surface area (Å²) in [5.41, 5.74) is 2.98. The van der Waals surface area contributed by atoms with Gasteiger partial charge in [0, 0.05) is 31.1 Å². The largest absolute Gasteiger partial charge is 0.491 e. The van der Waals surface area contributed by atoms with Gasteiger partial charge in [0.15, 0.2) is 0 Å². The van der Waals surface area contributed by atoms with Gasteiger partial charge >= 0.3 is 0 Å². The molecule has 4 rings (SSSR count). The first-order valence-corrected chi connectivity index (χ1v) is 10.5. The van der Waals surface area contributed by atoms with Gasteiger partial charge in [-0.1, -0.05) is 0 Å². The summed E-state index contributed by atoms with van der Waals surface area (Å²) >= 11 is 1.62. The van der Waals surface area contributed by atoms with Gasteiger partial charge in [-0.2, -0.15) is 0 Å². The molecule has 0 bridgehead atoms. The highest BCUT2D eigenvalue weighted by atomic mass is 32.1. The molecule has 0 N–H and O–H groups in total. The molecule has 3 heterocycles. The van der Waals surface area contributed by atoms with Crippen LogP contribution in [0.25, 0.3) is 0 Å². The number of carbonyl (C=O) groups excluding carboxylic acids is 1. The third kappa shape index (κ3) is 4.87. The Morgan fingerprint density at radius 2 is 2.04 bits per heavy atom. The number of hydrogen-bond acceptors (Lipinski definition) is 6. The first-order chi connectivity index (χ1) is 13.7. The van der Waals surface area contributed by atoms with Crippen molar-refractivity contribution in [3.8, 4) is 5.75 Å². The van der Waals surface area contributed by atoms with E-state index in [-0.39, 0.29) is 30.5 Å². The maximum absolute atomic E-state index is 13.0. The molecule has 2 aromatic rings. The summed E-state index contributed by atoms with van der Waals surface area (Å²) < 4.78 is 24.3. The Morgan fingerprint density at radius 1 is 1.25 bits per heavy atom. The van der Waals surface area contributed by atoms with Crippen molar-refractivity contribution < 1.29 is 18.7 Å². The quantitative estimate of drug-likeness (QED) is 0.739. The fraction of sp³-hybridized carbons (Fsp3) is 0.500. The Labute approximate surface area is 167 Å². The second-order valence-electron chi connectivity index (χ2n) is 7.23. The third-order valence-electron chi connectivity index (χ3n) is 5.28. The van der Waals surface area contributed by atoms with Crippen molar-refractivity contribution in [2.45, 2.75) is 31.5 Å². The van der Waals surface area contributed by atoms with Crippen molar-refractivity contribution in [2.75, 3.05) is 32.8 Å². The molecule has 150 valence electrons. The molecular weight excluding hydrogens is 381 g/mol. The summed E-state index contributed by atoms with van der Waals surface area (Å²) in [5, 5.41) is 2.09. The summed E-state index contributed by atoms with van der Waals surface area (Å²) in [6.45, 7) is 3.78. The smallest absolute Gasteiger partial charge is 0.248 e. The molecule has 1 atom stereocenters. The summed E-state index contributed by atoms with van der Waals surface area (Å²) in [4.78, 5) is 21.1. The van der Waals surface area contributed by atoms with Gasteiger partial charge < -0.3 is 14.4 Å². The van der Waals surface area contributed by atoms with Crippen molar-refractivity contribution in [2.24, 2.45) is 0 Å². The van der Waals surface area contributed by atoms with Crippen molar-refractivity contribution in [3.63, 3.8) is 0 Å². The van der Waals surface area contributed by atoms with E-state index in [9.17, 15) is 9.18 Å². The molecule has 0 spiro atoms. The van der Waals surface area contributed by atoms with Gasteiger partial charge in [0.2, 0.25) is 5.91 Å². The van der Waals surface area contributed by atoms with E-state index in [1.807, 2.05) is 10.4 Å². The van der Waals surface area contributed by atoms with Crippen molar-refractivity contribution >= 4 is 17.2 Å². The first-order valence-electron chi connectivity index (χ1n) is 9.56. The van der Waals surface area contributed by atoms with Crippen LogP contribution in [-0.2, 0) is 16.1 Å². The number of benzene rings is 1. The highest BCUT2D eigenvalue weighted by Gasteiger charge is 2.33. The van der Waals surface area contributed by atoms with Crippen LogP contribution in [0.1, 0.15) is 18.5 Å². The molecule has 0 saturated carbocycles. The Kier molecular flexibility index (Phi) is 6.19. The molecule has 2 aliphatic heterocycles. The zero-order valence-corrected chi connectivity index (χ0v) is 16.4. The van der Waals surface area contributed by atoms with E-state index >= 15 is 0 Å². The number of hydrogen-bond donors (Lipinski definition) is 0. The number of halogens is 1. The van der Waals surface area contributed by atoms with Crippen LogP contribution < -0.4 is 4.74 Å². The van der Waals surface area contributed by atoms with Crippen LogP contribution in [0.2, 0.25) is 0 Å². The van der Waals surface area contributed by atoms with Crippen LogP contribution in [-0.4, -0.2) is 65.7 Å². The van der Waals surface area contributed by atoms with Crippen LogP contribution >= 0.6 is 11.3 Å². The zero-order chi connectivity index (χ0) is 19.3. The Hall–Kier alpha value is -2.03. The van der Waals surface area contributed by atoms with E-state index in [1.54, 1.807) is 23.5 Å². The van der Waals surface area contributed by atoms with Gasteiger partial charge in [-0.15, -0.1) is 11.3 Å². The monoisotopic (exact) mass is 405 g/mol. The first kappa shape index (κ1) is 19.3. The number of amides is 1. The summed E-state index contributed by atoms with van der Waals surface area (Å²) in [6, 6.07) is 6.17. The summed E-state index contributed by atoms with van der Waals surface area (Å²) in [6.07, 6.45) is 1.75. The van der Waals surface area contributed by atoms with E-state index in [0.717, 1.165) is 38.2 Å². The van der Waals surface area contributed by atoms with E-state index in [4.69, 9.17) is 9.47 Å². The van der Waals surface area contributed by atoms with Gasteiger partial charge in [-0.25, -0.2) is 9.37 Å². The number of carbonyl (C=O) groups is 1. The van der Waals surface area contributed by atoms with Crippen molar-refractivity contribution in [1.29, 1.82) is 0 Å². The van der Waals surface area contributed by atoms with Crippen molar-refractivity contribution in [1.82, 2.24) is 14.8 Å². The van der Waals surface area contributed by atoms with E-state index in [0.29, 0.717) is 18.9 Å². The van der Waals surface area contributed by atoms with Crippen LogP contribution in [0, 0.1) is 5.82 Å². The van der Waals surface area contributed by atoms with Gasteiger partial charge in [-0.05, 0) is 37.1 Å². The highest BCUT2D eigenvalue weighted by Crippen LogP contribution is 2.22. The highest BCUT2D eigenvalue weighted by molar-refractivity contribution is 7.07. The van der Waals surface area contributed by atoms with Gasteiger partial charge in [0.25, 0.3) is 0 Å². The predicted molar refractivity (Wildman–Crippen MR) is 104 cm³/mol. The lowest BCUT2D eigenvalue weighted by molar-refractivity contribution is -0.155. The predicted octanol–water partition coefficient (Wildman–Crippen LogP) is 2.55. The second kappa shape index (κ2) is 8.98. The Bertz CT molecular complexity index is 764. The van der Waals surface area contributed by atoms with Crippen LogP contribution in [0.4, 0.5) is 4.39 Å². The standard InChI is InChI=1S/C20H24FN3O3S/c21-15-1-3-18(4-2-15)26-11-19-10-24(20(25)12-27-19)17-5-7-23(8-6-17)9-16-13-28-14-22-16/h1-4,13-14,17,19H,5-12H2/t19-/m1/s1. The number of nitrogens with zero attached hydrogens (tertiary/aromatic N) is 3. The van der Waals surface area contributed by atoms with Gasteiger partial charge in [0.05, 0.1) is 17.7 Å². The molecule has 8 heteroatoms. The van der Waals surface area contributed by atoms with Crippen molar-refractivity contribution in [3.05, 3.63) is 46.7 Å². The fourth-order valence-electron chi connectivity index (χ4n) is 3.75. The average molecular weight is 405 g/mol. The fourth-order valence-corrected chi connectivity index (χ4v) is 4.30. The molecule has 0 aliphatic carbocycles. The molecule has 0 unspecified atom stereocenters. The number of likely N-dealkylation sites (tertiary alicyclic amines) is 1. The van der Waals surface area contributed by atoms with E-state index in [2.05, 4.69) is 15.3 Å². The minimum Gasteiger partial charge on any atom is -0.491 e. The lowest BCUT2D eigenvalue weighted by Crippen LogP contribution is -2.55. The SMILES string of the molecule is O=C1CO[C@@H](COc2ccc(F)cc2)CN1C1CCN(Cc2cscn2)CC1. The summed E-state index contributed by atoms with van der Waals surface area (Å²) in [5.74, 6) is 0.360. The van der Waals surface area contributed by atoms with Crippen LogP contribution in [0.3, 0.4) is 0 Å². The van der Waals surface area contributed by atoms with Crippen LogP contribution in [0.15, 0.2) is 35.2 Å². The molecule has 6 nitrogen and oxygen atoms in total. The lowest BCUT2D eigenvalue weighted by atomic mass is 10.0. The second-order valence-corrected chi connectivity index (χ2v) is 7.95. The molecule has 1 amide bonds. The minimum atomic E-state index is -0.292. The number of rotatable bonds is 6. The average Bonchev–Trinajstić information content (AvgIpc) is 3.22. The zero-order valence-electron chi connectivity index (χ0n) is 15.6. The van der Waals surface area contributed by atoms with Gasteiger partial charge in [-0.3, -0.25) is 9.69 Å².